The van der Waals surface area contributed by atoms with E-state index in [1.807, 2.05) is 55.5 Å². The first-order valence-electron chi connectivity index (χ1n) is 10.7. The molecule has 0 aromatic heterocycles. The average molecular weight is 411 g/mol. The number of hydrogen-bond acceptors (Lipinski definition) is 5. The molecule has 0 radical (unpaired) electrons. The number of nitrogens with one attached hydrogen (secondary N) is 1. The highest BCUT2D eigenvalue weighted by molar-refractivity contribution is 5.93. The molecule has 0 atom stereocenters. The third-order valence-electron chi connectivity index (χ3n) is 5.11. The number of ether oxygens (including phenoxy) is 2. The van der Waals surface area contributed by atoms with Crippen LogP contribution in [0.15, 0.2) is 48.5 Å². The molecule has 0 saturated carbocycles. The summed E-state index contributed by atoms with van der Waals surface area (Å²) in [6, 6.07) is 15.4. The largest absolute Gasteiger partial charge is 0.494 e. The smallest absolute Gasteiger partial charge is 0.306 e. The number of esters is 1. The average Bonchev–Trinajstić information content (AvgIpc) is 2.78. The van der Waals surface area contributed by atoms with Crippen molar-refractivity contribution in [3.63, 3.8) is 0 Å². The summed E-state index contributed by atoms with van der Waals surface area (Å²) in [5, 5.41) is 2.77. The summed E-state index contributed by atoms with van der Waals surface area (Å²) in [5.74, 6) is 0.0271. The molecular weight excluding hydrogens is 380 g/mol. The molecule has 1 aliphatic rings. The molecular formula is C24H30N2O4. The Kier molecular flexibility index (Phi) is 8.12. The summed E-state index contributed by atoms with van der Waals surface area (Å²) in [6.07, 6.45) is 4.45. The van der Waals surface area contributed by atoms with Crippen LogP contribution in [0.2, 0.25) is 0 Å². The molecule has 0 spiro atoms. The molecule has 6 nitrogen and oxygen atoms in total. The van der Waals surface area contributed by atoms with E-state index in [0.717, 1.165) is 24.4 Å². The lowest BCUT2D eigenvalue weighted by Crippen LogP contribution is -2.29. The van der Waals surface area contributed by atoms with Gasteiger partial charge in [-0.05, 0) is 68.5 Å². The monoisotopic (exact) mass is 410 g/mol. The topological polar surface area (TPSA) is 67.9 Å². The molecule has 160 valence electrons. The maximum atomic E-state index is 12.1. The highest BCUT2D eigenvalue weighted by Crippen LogP contribution is 2.22. The molecule has 1 amide bonds. The van der Waals surface area contributed by atoms with Crippen molar-refractivity contribution in [1.82, 2.24) is 0 Å². The Bertz CT molecular complexity index is 829. The van der Waals surface area contributed by atoms with E-state index in [-0.39, 0.29) is 18.9 Å². The third-order valence-corrected chi connectivity index (χ3v) is 5.11. The Morgan fingerprint density at radius 3 is 2.47 bits per heavy atom. The molecule has 2 aromatic rings. The lowest BCUT2D eigenvalue weighted by molar-refractivity contribution is -0.147. The first kappa shape index (κ1) is 21.7. The second-order valence-corrected chi connectivity index (χ2v) is 7.34. The number of anilines is 2. The van der Waals surface area contributed by atoms with Gasteiger partial charge >= 0.3 is 5.97 Å². The summed E-state index contributed by atoms with van der Waals surface area (Å²) in [5.41, 5.74) is 2.82. The summed E-state index contributed by atoms with van der Waals surface area (Å²) in [7, 11) is 0. The zero-order valence-electron chi connectivity index (χ0n) is 17.6. The van der Waals surface area contributed by atoms with Crippen LogP contribution in [0.1, 0.15) is 38.2 Å². The molecule has 3 rings (SSSR count). The number of aryl methyl sites for hydroxylation is 1. The zero-order chi connectivity index (χ0) is 21.2. The normalized spacial score (nSPS) is 13.6. The summed E-state index contributed by atoms with van der Waals surface area (Å²) >= 11 is 0. The lowest BCUT2D eigenvalue weighted by Gasteiger charge is -2.28. The number of rotatable bonds is 9. The molecule has 2 aromatic carbocycles. The number of carbonyl (C=O) groups excluding carboxylic acids is 2. The number of hydrogen-bond donors (Lipinski definition) is 1. The van der Waals surface area contributed by atoms with Gasteiger partial charge in [-0.1, -0.05) is 18.2 Å². The molecule has 1 aliphatic heterocycles. The van der Waals surface area contributed by atoms with Crippen LogP contribution < -0.4 is 15.0 Å². The van der Waals surface area contributed by atoms with Crippen LogP contribution in [0.25, 0.3) is 0 Å². The molecule has 1 N–H and O–H groups in total. The Balaban J connectivity index is 1.40. The van der Waals surface area contributed by atoms with Crippen LogP contribution in [0.4, 0.5) is 11.4 Å². The maximum Gasteiger partial charge on any atom is 0.306 e. The minimum Gasteiger partial charge on any atom is -0.494 e. The van der Waals surface area contributed by atoms with Crippen molar-refractivity contribution in [3.8, 4) is 5.75 Å². The van der Waals surface area contributed by atoms with Crippen LogP contribution in [0.5, 0.6) is 5.75 Å². The van der Waals surface area contributed by atoms with Gasteiger partial charge < -0.3 is 19.7 Å². The summed E-state index contributed by atoms with van der Waals surface area (Å²) in [4.78, 5) is 26.5. The fourth-order valence-electron chi connectivity index (χ4n) is 3.57. The molecule has 30 heavy (non-hydrogen) atoms. The van der Waals surface area contributed by atoms with Gasteiger partial charge in [0.15, 0.2) is 6.61 Å². The Morgan fingerprint density at radius 1 is 1.00 bits per heavy atom. The van der Waals surface area contributed by atoms with Gasteiger partial charge in [-0.15, -0.1) is 0 Å². The standard InChI is InChI=1S/C24H30N2O4/c1-2-29-22-9-5-4-8-19(22)10-15-24(28)30-18-23(27)25-20-11-13-21(14-12-20)26-16-6-3-7-17-26/h4-5,8-9,11-14H,2-3,6-7,10,15-18H2,1H3,(H,25,27). The van der Waals surface area contributed by atoms with E-state index in [1.54, 1.807) is 0 Å². The number of para-hydroxylation sites is 1. The van der Waals surface area contributed by atoms with Gasteiger partial charge in [0.05, 0.1) is 6.61 Å². The van der Waals surface area contributed by atoms with Gasteiger partial charge in [0.25, 0.3) is 5.91 Å². The minimum atomic E-state index is -0.406. The first-order valence-corrected chi connectivity index (χ1v) is 10.7. The predicted molar refractivity (Wildman–Crippen MR) is 118 cm³/mol. The van der Waals surface area contributed by atoms with Crippen molar-refractivity contribution in [2.45, 2.75) is 39.0 Å². The van der Waals surface area contributed by atoms with E-state index in [9.17, 15) is 9.59 Å². The van der Waals surface area contributed by atoms with Gasteiger partial charge in [-0.3, -0.25) is 9.59 Å². The van der Waals surface area contributed by atoms with Crippen molar-refractivity contribution in [2.24, 2.45) is 0 Å². The number of carbonyl (C=O) groups is 2. The number of benzene rings is 2. The van der Waals surface area contributed by atoms with E-state index in [4.69, 9.17) is 9.47 Å². The zero-order valence-corrected chi connectivity index (χ0v) is 17.6. The molecule has 1 fully saturated rings. The first-order chi connectivity index (χ1) is 14.7. The molecule has 0 unspecified atom stereocenters. The Morgan fingerprint density at radius 2 is 1.73 bits per heavy atom. The van der Waals surface area contributed by atoms with Gasteiger partial charge in [0.1, 0.15) is 5.75 Å². The summed E-state index contributed by atoms with van der Waals surface area (Å²) in [6.45, 7) is 4.36. The van der Waals surface area contributed by atoms with Gasteiger partial charge in [-0.2, -0.15) is 0 Å². The Hall–Kier alpha value is -3.02. The second-order valence-electron chi connectivity index (χ2n) is 7.34. The second kappa shape index (κ2) is 11.2. The maximum absolute atomic E-state index is 12.1. The van der Waals surface area contributed by atoms with E-state index < -0.39 is 5.97 Å². The molecule has 1 saturated heterocycles. The molecule has 1 heterocycles. The highest BCUT2D eigenvalue weighted by Gasteiger charge is 2.12. The van der Waals surface area contributed by atoms with E-state index in [1.165, 1.54) is 24.9 Å². The Labute approximate surface area is 178 Å². The number of nitrogens with zero attached hydrogens (tertiary/aromatic N) is 1. The highest BCUT2D eigenvalue weighted by atomic mass is 16.5. The van der Waals surface area contributed by atoms with Crippen LogP contribution in [0, 0.1) is 0 Å². The van der Waals surface area contributed by atoms with Gasteiger partial charge in [-0.25, -0.2) is 0 Å². The van der Waals surface area contributed by atoms with Crippen LogP contribution in [-0.2, 0) is 20.7 Å². The van der Waals surface area contributed by atoms with Crippen LogP contribution in [0.3, 0.4) is 0 Å². The SMILES string of the molecule is CCOc1ccccc1CCC(=O)OCC(=O)Nc1ccc(N2CCCCC2)cc1. The molecule has 6 heteroatoms. The molecule has 0 aliphatic carbocycles. The van der Waals surface area contributed by atoms with Crippen molar-refractivity contribution in [1.29, 1.82) is 0 Å². The van der Waals surface area contributed by atoms with Crippen LogP contribution in [-0.4, -0.2) is 38.2 Å². The van der Waals surface area contributed by atoms with Crippen LogP contribution >= 0.6 is 0 Å². The fraction of sp³-hybridized carbons (Fsp3) is 0.417. The van der Waals surface area contributed by atoms with Gasteiger partial charge in [0, 0.05) is 30.9 Å². The van der Waals surface area contributed by atoms with E-state index in [0.29, 0.717) is 18.7 Å². The number of amides is 1. The van der Waals surface area contributed by atoms with Crippen molar-refractivity contribution in [3.05, 3.63) is 54.1 Å². The minimum absolute atomic E-state index is 0.196. The van der Waals surface area contributed by atoms with E-state index in [2.05, 4.69) is 10.2 Å². The molecule has 0 bridgehead atoms. The lowest BCUT2D eigenvalue weighted by atomic mass is 10.1. The summed E-state index contributed by atoms with van der Waals surface area (Å²) < 4.78 is 10.7. The fourth-order valence-corrected chi connectivity index (χ4v) is 3.57. The third kappa shape index (κ3) is 6.51. The van der Waals surface area contributed by atoms with Crippen molar-refractivity contribution < 1.29 is 19.1 Å². The van der Waals surface area contributed by atoms with Crippen molar-refractivity contribution >= 4 is 23.3 Å². The predicted octanol–water partition coefficient (Wildman–Crippen LogP) is 4.19. The van der Waals surface area contributed by atoms with E-state index >= 15 is 0 Å². The number of piperidine rings is 1. The quantitative estimate of drug-likeness (QED) is 0.628. The van der Waals surface area contributed by atoms with Gasteiger partial charge in [0.2, 0.25) is 0 Å². The van der Waals surface area contributed by atoms with Crippen molar-refractivity contribution in [2.75, 3.05) is 36.5 Å².